The zero-order valence-corrected chi connectivity index (χ0v) is 23.6. The summed E-state index contributed by atoms with van der Waals surface area (Å²) in [5.41, 5.74) is 8.09. The molecule has 41 heavy (non-hydrogen) atoms. The van der Waals surface area contributed by atoms with Crippen molar-refractivity contribution in [2.75, 3.05) is 38.0 Å². The number of carbonyl (C=O) groups is 2. The molecular formula is C34H36N4O3. The predicted molar refractivity (Wildman–Crippen MR) is 162 cm³/mol. The van der Waals surface area contributed by atoms with E-state index >= 15 is 0 Å². The molecule has 7 heteroatoms. The Morgan fingerprint density at radius 3 is 2.29 bits per heavy atom. The average molecular weight is 549 g/mol. The minimum atomic E-state index is -0.161. The summed E-state index contributed by atoms with van der Waals surface area (Å²) in [5.74, 6) is 0.296. The first-order valence-corrected chi connectivity index (χ1v) is 14.4. The fourth-order valence-electron chi connectivity index (χ4n) is 6.20. The number of piperazine rings is 1. The van der Waals surface area contributed by atoms with E-state index in [1.807, 2.05) is 71.6 Å². The number of rotatable bonds is 6. The molecule has 0 aromatic heterocycles. The molecule has 3 aromatic carbocycles. The quantitative estimate of drug-likeness (QED) is 0.451. The number of allylic oxidation sites excluding steroid dienone is 1. The van der Waals surface area contributed by atoms with Gasteiger partial charge in [0.15, 0.2) is 5.78 Å². The van der Waals surface area contributed by atoms with Crippen LogP contribution in [0.2, 0.25) is 0 Å². The number of aliphatic imine (C=N–C) groups is 1. The number of anilines is 1. The molecular weight excluding hydrogens is 512 g/mol. The third-order valence-corrected chi connectivity index (χ3v) is 8.63. The van der Waals surface area contributed by atoms with Gasteiger partial charge in [-0.05, 0) is 40.8 Å². The Bertz CT molecular complexity index is 1520. The second-order valence-corrected chi connectivity index (χ2v) is 11.4. The first-order chi connectivity index (χ1) is 19.9. The van der Waals surface area contributed by atoms with Crippen LogP contribution in [0.25, 0.3) is 0 Å². The monoisotopic (exact) mass is 548 g/mol. The number of aliphatic hydroxyl groups excluding tert-OH is 1. The van der Waals surface area contributed by atoms with E-state index in [2.05, 4.69) is 30.6 Å². The van der Waals surface area contributed by atoms with Gasteiger partial charge in [0.2, 0.25) is 0 Å². The van der Waals surface area contributed by atoms with E-state index in [0.717, 1.165) is 52.4 Å². The Kier molecular flexibility index (Phi) is 7.22. The second kappa shape index (κ2) is 11.0. The summed E-state index contributed by atoms with van der Waals surface area (Å²) < 4.78 is 0. The molecule has 7 nitrogen and oxygen atoms in total. The Morgan fingerprint density at radius 2 is 1.63 bits per heavy atom. The Hall–Kier alpha value is -4.23. The van der Waals surface area contributed by atoms with Crippen molar-refractivity contribution in [3.63, 3.8) is 0 Å². The van der Waals surface area contributed by atoms with Crippen LogP contribution in [0.1, 0.15) is 68.8 Å². The number of amides is 1. The lowest BCUT2D eigenvalue weighted by Crippen LogP contribution is -2.48. The van der Waals surface area contributed by atoms with E-state index < -0.39 is 0 Å². The molecule has 0 bridgehead atoms. The van der Waals surface area contributed by atoms with Gasteiger partial charge in [0.05, 0.1) is 24.3 Å². The summed E-state index contributed by atoms with van der Waals surface area (Å²) in [6.45, 7) is 11.6. The number of nitrogens with zero attached hydrogens (tertiary/aromatic N) is 3. The van der Waals surface area contributed by atoms with E-state index in [1.54, 1.807) is 0 Å². The van der Waals surface area contributed by atoms with Gasteiger partial charge >= 0.3 is 0 Å². The molecule has 3 aliphatic heterocycles. The van der Waals surface area contributed by atoms with E-state index in [1.165, 1.54) is 0 Å². The molecule has 0 saturated carbocycles. The molecule has 0 spiro atoms. The molecule has 3 aromatic rings. The average Bonchev–Trinajstić information content (AvgIpc) is 3.02. The van der Waals surface area contributed by atoms with Gasteiger partial charge in [0, 0.05) is 54.3 Å². The summed E-state index contributed by atoms with van der Waals surface area (Å²) >= 11 is 0. The molecule has 6 rings (SSSR count). The number of hydrogen-bond donors (Lipinski definition) is 2. The number of benzene rings is 3. The van der Waals surface area contributed by atoms with E-state index in [9.17, 15) is 14.7 Å². The van der Waals surface area contributed by atoms with Gasteiger partial charge in [-0.15, -0.1) is 0 Å². The van der Waals surface area contributed by atoms with Crippen molar-refractivity contribution >= 4 is 23.1 Å². The highest BCUT2D eigenvalue weighted by Crippen LogP contribution is 2.45. The molecule has 1 fully saturated rings. The molecule has 0 aliphatic carbocycles. The van der Waals surface area contributed by atoms with Crippen molar-refractivity contribution in [3.05, 3.63) is 112 Å². The van der Waals surface area contributed by atoms with Crippen molar-refractivity contribution in [1.29, 1.82) is 0 Å². The van der Waals surface area contributed by atoms with Crippen LogP contribution >= 0.6 is 0 Å². The largest absolute Gasteiger partial charge is 0.392 e. The van der Waals surface area contributed by atoms with Gasteiger partial charge in [-0.2, -0.15) is 0 Å². The molecule has 2 atom stereocenters. The van der Waals surface area contributed by atoms with Crippen LogP contribution in [0.15, 0.2) is 84.0 Å². The van der Waals surface area contributed by atoms with Crippen molar-refractivity contribution in [2.24, 2.45) is 10.9 Å². The minimum absolute atomic E-state index is 0.0141. The van der Waals surface area contributed by atoms with Crippen LogP contribution in [-0.4, -0.2) is 65.0 Å². The number of Topliss-reactive ketones (excluding diaryl/α,β-unsaturated/α-hetero) is 1. The standard InChI is InChI=1S/C34H36N4O3/c1-21(2)22(3)37-15-17-38(18-16-37)34(41)26-13-11-24(12-14-26)30-32(25-9-7-23(20-39)8-10-25)36-28-6-4-5-27-29(40)19-35-33(30)31(27)28/h4-14,21,30,32,36,39H,3,15-20H2,1-2H3. The normalized spacial score (nSPS) is 19.9. The van der Waals surface area contributed by atoms with Gasteiger partial charge in [0.1, 0.15) is 6.54 Å². The van der Waals surface area contributed by atoms with Gasteiger partial charge in [0.25, 0.3) is 5.91 Å². The van der Waals surface area contributed by atoms with E-state index in [-0.39, 0.29) is 36.8 Å². The van der Waals surface area contributed by atoms with Crippen molar-refractivity contribution in [3.8, 4) is 0 Å². The maximum atomic E-state index is 13.4. The van der Waals surface area contributed by atoms with Crippen LogP contribution in [0.5, 0.6) is 0 Å². The summed E-state index contributed by atoms with van der Waals surface area (Å²) in [6.07, 6.45) is 0. The molecule has 210 valence electrons. The van der Waals surface area contributed by atoms with Gasteiger partial charge in [-0.1, -0.05) is 69.0 Å². The van der Waals surface area contributed by atoms with Crippen LogP contribution in [-0.2, 0) is 6.61 Å². The Morgan fingerprint density at radius 1 is 0.976 bits per heavy atom. The lowest BCUT2D eigenvalue weighted by molar-refractivity contribution is 0.0662. The third-order valence-electron chi connectivity index (χ3n) is 8.63. The number of aliphatic hydroxyl groups is 1. The molecule has 1 saturated heterocycles. The van der Waals surface area contributed by atoms with Crippen molar-refractivity contribution in [1.82, 2.24) is 9.80 Å². The molecule has 2 N–H and O–H groups in total. The third kappa shape index (κ3) is 4.95. The van der Waals surface area contributed by atoms with Gasteiger partial charge < -0.3 is 20.2 Å². The topological polar surface area (TPSA) is 85.2 Å². The number of ketones is 1. The number of carbonyl (C=O) groups excluding carboxylic acids is 2. The fourth-order valence-corrected chi connectivity index (χ4v) is 6.20. The van der Waals surface area contributed by atoms with Gasteiger partial charge in [-0.3, -0.25) is 14.6 Å². The van der Waals surface area contributed by atoms with Crippen molar-refractivity contribution < 1.29 is 14.7 Å². The summed E-state index contributed by atoms with van der Waals surface area (Å²) in [5, 5.41) is 13.2. The van der Waals surface area contributed by atoms with Crippen LogP contribution in [0.4, 0.5) is 5.69 Å². The first kappa shape index (κ1) is 27.0. The smallest absolute Gasteiger partial charge is 0.253 e. The van der Waals surface area contributed by atoms with E-state index in [0.29, 0.717) is 30.1 Å². The minimum Gasteiger partial charge on any atom is -0.392 e. The highest BCUT2D eigenvalue weighted by molar-refractivity contribution is 6.21. The fraction of sp³-hybridized carbons (Fsp3) is 0.324. The summed E-state index contributed by atoms with van der Waals surface area (Å²) in [7, 11) is 0. The lowest BCUT2D eigenvalue weighted by atomic mass is 9.75. The maximum Gasteiger partial charge on any atom is 0.253 e. The highest BCUT2D eigenvalue weighted by Gasteiger charge is 2.39. The van der Waals surface area contributed by atoms with Crippen molar-refractivity contribution in [2.45, 2.75) is 32.4 Å². The SMILES string of the molecule is C=C(C(C)C)N1CCN(C(=O)c2ccc(C3C4=NCC(=O)c5cccc(c54)NC3c3ccc(CO)cc3)cc2)CC1. The molecule has 3 heterocycles. The van der Waals surface area contributed by atoms with Crippen LogP contribution in [0, 0.1) is 5.92 Å². The van der Waals surface area contributed by atoms with Crippen LogP contribution in [0.3, 0.4) is 0 Å². The maximum absolute atomic E-state index is 13.4. The van der Waals surface area contributed by atoms with Gasteiger partial charge in [-0.25, -0.2) is 0 Å². The molecule has 1 amide bonds. The summed E-state index contributed by atoms with van der Waals surface area (Å²) in [4.78, 5) is 35.2. The summed E-state index contributed by atoms with van der Waals surface area (Å²) in [6, 6.07) is 21.5. The zero-order chi connectivity index (χ0) is 28.7. The zero-order valence-electron chi connectivity index (χ0n) is 23.6. The van der Waals surface area contributed by atoms with Crippen LogP contribution < -0.4 is 5.32 Å². The first-order valence-electron chi connectivity index (χ1n) is 14.4. The van der Waals surface area contributed by atoms with E-state index in [4.69, 9.17) is 4.99 Å². The number of nitrogens with one attached hydrogen (secondary N) is 1. The molecule has 2 unspecified atom stereocenters. The second-order valence-electron chi connectivity index (χ2n) is 11.4. The number of hydrogen-bond acceptors (Lipinski definition) is 6. The molecule has 3 aliphatic rings. The Labute approximate surface area is 241 Å². The highest BCUT2D eigenvalue weighted by atomic mass is 16.3. The lowest BCUT2D eigenvalue weighted by Gasteiger charge is -2.39. The Balaban J connectivity index is 1.30. The molecule has 0 radical (unpaired) electrons. The predicted octanol–water partition coefficient (Wildman–Crippen LogP) is 5.04.